The topological polar surface area (TPSA) is 41.5 Å². The van der Waals surface area contributed by atoms with Gasteiger partial charge in [0.15, 0.2) is 0 Å². The first-order valence-electron chi connectivity index (χ1n) is 9.35. The molecule has 1 aromatic rings. The summed E-state index contributed by atoms with van der Waals surface area (Å²) in [6.45, 7) is 15.2. The van der Waals surface area contributed by atoms with Crippen LogP contribution in [0.25, 0.3) is 0 Å². The maximum Gasteiger partial charge on any atom is 0.147 e. The van der Waals surface area contributed by atoms with Gasteiger partial charge in [-0.2, -0.15) is 0 Å². The van der Waals surface area contributed by atoms with Gasteiger partial charge in [-0.25, -0.2) is 4.98 Å². The second kappa shape index (κ2) is 7.36. The molecule has 3 heterocycles. The molecule has 24 heavy (non-hydrogen) atoms. The molecule has 1 atom stereocenters. The van der Waals surface area contributed by atoms with Crippen molar-refractivity contribution in [3.8, 4) is 0 Å². The molecule has 0 radical (unpaired) electrons. The third-order valence-corrected chi connectivity index (χ3v) is 5.51. The van der Waals surface area contributed by atoms with Crippen LogP contribution in [0.15, 0.2) is 12.4 Å². The number of rotatable bonds is 5. The van der Waals surface area contributed by atoms with E-state index in [-0.39, 0.29) is 5.54 Å². The van der Waals surface area contributed by atoms with E-state index >= 15 is 0 Å². The first-order valence-corrected chi connectivity index (χ1v) is 9.35. The molecule has 0 aromatic carbocycles. The number of hydrogen-bond donors (Lipinski definition) is 0. The number of morpholine rings is 1. The van der Waals surface area contributed by atoms with E-state index in [2.05, 4.69) is 47.5 Å². The van der Waals surface area contributed by atoms with Crippen LogP contribution in [0, 0.1) is 5.92 Å². The average molecular weight is 332 g/mol. The summed E-state index contributed by atoms with van der Waals surface area (Å²) < 4.78 is 5.50. The predicted molar refractivity (Wildman–Crippen MR) is 97.5 cm³/mol. The molecule has 0 amide bonds. The van der Waals surface area contributed by atoms with E-state index in [1.54, 1.807) is 0 Å². The zero-order chi connectivity index (χ0) is 17.2. The molecule has 0 bridgehead atoms. The van der Waals surface area contributed by atoms with E-state index in [9.17, 15) is 0 Å². The first kappa shape index (κ1) is 17.6. The lowest BCUT2D eigenvalue weighted by atomic mass is 9.88. The molecule has 0 spiro atoms. The number of nitrogens with zero attached hydrogens (tertiary/aromatic N) is 4. The summed E-state index contributed by atoms with van der Waals surface area (Å²) in [5.41, 5.74) is 1.32. The van der Waals surface area contributed by atoms with E-state index in [1.165, 1.54) is 12.8 Å². The van der Waals surface area contributed by atoms with Crippen LogP contribution in [0.2, 0.25) is 0 Å². The molecular formula is C19H32N4O. The highest BCUT2D eigenvalue weighted by molar-refractivity contribution is 5.37. The molecule has 134 valence electrons. The maximum atomic E-state index is 5.50. The van der Waals surface area contributed by atoms with Crippen LogP contribution in [-0.4, -0.2) is 59.8 Å². The molecule has 1 unspecified atom stereocenters. The quantitative estimate of drug-likeness (QED) is 0.829. The lowest BCUT2D eigenvalue weighted by Gasteiger charge is -2.42. The van der Waals surface area contributed by atoms with E-state index in [0.29, 0.717) is 5.92 Å². The summed E-state index contributed by atoms with van der Waals surface area (Å²) in [6, 6.07) is 0. The Hall–Kier alpha value is -1.20. The fraction of sp³-hybridized carbons (Fsp3) is 0.789. The highest BCUT2D eigenvalue weighted by Crippen LogP contribution is 2.31. The minimum Gasteiger partial charge on any atom is -0.379 e. The van der Waals surface area contributed by atoms with Crippen LogP contribution in [-0.2, 0) is 4.74 Å². The SMILES string of the molecule is CC(C)c1cnc(N2CCC(CC(C)(C)N3CCOCC3)C2)cn1. The molecule has 2 aliphatic heterocycles. The first-order chi connectivity index (χ1) is 11.5. The Balaban J connectivity index is 1.56. The van der Waals surface area contributed by atoms with Gasteiger partial charge in [0, 0.05) is 31.7 Å². The number of aromatic nitrogens is 2. The van der Waals surface area contributed by atoms with Crippen LogP contribution in [0.1, 0.15) is 52.1 Å². The summed E-state index contributed by atoms with van der Waals surface area (Å²) in [6.07, 6.45) is 6.37. The highest BCUT2D eigenvalue weighted by Gasteiger charge is 2.34. The van der Waals surface area contributed by atoms with Crippen LogP contribution < -0.4 is 4.90 Å². The Morgan fingerprint density at radius 2 is 1.92 bits per heavy atom. The third-order valence-electron chi connectivity index (χ3n) is 5.51. The Morgan fingerprint density at radius 1 is 1.17 bits per heavy atom. The highest BCUT2D eigenvalue weighted by atomic mass is 16.5. The van der Waals surface area contributed by atoms with Crippen LogP contribution >= 0.6 is 0 Å². The Kier molecular flexibility index (Phi) is 5.40. The van der Waals surface area contributed by atoms with Gasteiger partial charge in [-0.05, 0) is 38.5 Å². The van der Waals surface area contributed by atoms with Crippen LogP contribution in [0.3, 0.4) is 0 Å². The lowest BCUT2D eigenvalue weighted by molar-refractivity contribution is -0.0171. The molecule has 0 N–H and O–H groups in total. The molecule has 3 rings (SSSR count). The number of ether oxygens (including phenoxy) is 1. The predicted octanol–water partition coefficient (Wildman–Crippen LogP) is 2.93. The zero-order valence-electron chi connectivity index (χ0n) is 15.7. The molecule has 2 saturated heterocycles. The van der Waals surface area contributed by atoms with Crippen molar-refractivity contribution in [2.75, 3.05) is 44.3 Å². The largest absolute Gasteiger partial charge is 0.379 e. The van der Waals surface area contributed by atoms with Crippen molar-refractivity contribution >= 4 is 5.82 Å². The molecule has 1 aromatic heterocycles. The molecule has 2 fully saturated rings. The van der Waals surface area contributed by atoms with Crippen molar-refractivity contribution in [3.05, 3.63) is 18.1 Å². The smallest absolute Gasteiger partial charge is 0.147 e. The van der Waals surface area contributed by atoms with E-state index in [4.69, 9.17) is 4.74 Å². The summed E-state index contributed by atoms with van der Waals surface area (Å²) >= 11 is 0. The lowest BCUT2D eigenvalue weighted by Crippen LogP contribution is -2.50. The zero-order valence-corrected chi connectivity index (χ0v) is 15.7. The molecule has 0 saturated carbocycles. The van der Waals surface area contributed by atoms with Crippen molar-refractivity contribution in [2.24, 2.45) is 5.92 Å². The monoisotopic (exact) mass is 332 g/mol. The summed E-state index contributed by atoms with van der Waals surface area (Å²) in [7, 11) is 0. The Labute approximate surface area is 146 Å². The second-order valence-corrected chi connectivity index (χ2v) is 8.17. The van der Waals surface area contributed by atoms with Crippen molar-refractivity contribution in [3.63, 3.8) is 0 Å². The minimum absolute atomic E-state index is 0.248. The molecule has 5 heteroatoms. The summed E-state index contributed by atoms with van der Waals surface area (Å²) in [4.78, 5) is 14.2. The van der Waals surface area contributed by atoms with Crippen LogP contribution in [0.4, 0.5) is 5.82 Å². The maximum absolute atomic E-state index is 5.50. The molecular weight excluding hydrogens is 300 g/mol. The molecule has 5 nitrogen and oxygen atoms in total. The second-order valence-electron chi connectivity index (χ2n) is 8.17. The standard InChI is InChI=1S/C19H32N4O/c1-15(2)17-12-21-18(13-20-17)22-6-5-16(14-22)11-19(3,4)23-7-9-24-10-8-23/h12-13,15-16H,5-11,14H2,1-4H3. The Bertz CT molecular complexity index is 523. The fourth-order valence-corrected chi connectivity index (χ4v) is 4.00. The van der Waals surface area contributed by atoms with Gasteiger partial charge in [-0.15, -0.1) is 0 Å². The van der Waals surface area contributed by atoms with Gasteiger partial charge in [0.2, 0.25) is 0 Å². The number of anilines is 1. The third kappa shape index (κ3) is 4.06. The fourth-order valence-electron chi connectivity index (χ4n) is 4.00. The van der Waals surface area contributed by atoms with E-state index in [1.807, 2.05) is 12.4 Å². The summed E-state index contributed by atoms with van der Waals surface area (Å²) in [5.74, 6) is 2.20. The summed E-state index contributed by atoms with van der Waals surface area (Å²) in [5, 5.41) is 0. The molecule has 2 aliphatic rings. The van der Waals surface area contributed by atoms with Crippen molar-refractivity contribution < 1.29 is 4.74 Å². The van der Waals surface area contributed by atoms with Crippen molar-refractivity contribution in [1.82, 2.24) is 14.9 Å². The van der Waals surface area contributed by atoms with Gasteiger partial charge < -0.3 is 9.64 Å². The number of hydrogen-bond acceptors (Lipinski definition) is 5. The minimum atomic E-state index is 0.248. The molecule has 0 aliphatic carbocycles. The van der Waals surface area contributed by atoms with E-state index < -0.39 is 0 Å². The van der Waals surface area contributed by atoms with Gasteiger partial charge in [-0.3, -0.25) is 9.88 Å². The average Bonchev–Trinajstić information content (AvgIpc) is 3.03. The van der Waals surface area contributed by atoms with Crippen molar-refractivity contribution in [1.29, 1.82) is 0 Å². The normalized spacial score (nSPS) is 23.2. The van der Waals surface area contributed by atoms with Gasteiger partial charge in [0.05, 0.1) is 31.3 Å². The van der Waals surface area contributed by atoms with Crippen LogP contribution in [0.5, 0.6) is 0 Å². The van der Waals surface area contributed by atoms with Gasteiger partial charge in [-0.1, -0.05) is 13.8 Å². The van der Waals surface area contributed by atoms with E-state index in [0.717, 1.165) is 56.8 Å². The Morgan fingerprint density at radius 3 is 2.54 bits per heavy atom. The van der Waals surface area contributed by atoms with Crippen molar-refractivity contribution in [2.45, 2.75) is 52.0 Å². The van der Waals surface area contributed by atoms with Gasteiger partial charge in [0.1, 0.15) is 5.82 Å². The van der Waals surface area contributed by atoms with Gasteiger partial charge in [0.25, 0.3) is 0 Å². The van der Waals surface area contributed by atoms with Gasteiger partial charge >= 0.3 is 0 Å².